The van der Waals surface area contributed by atoms with Crippen LogP contribution < -0.4 is 4.72 Å². The Bertz CT molecular complexity index is 490. The summed E-state index contributed by atoms with van der Waals surface area (Å²) < 4.78 is 26.6. The molecule has 1 N–H and O–H groups in total. The molecule has 0 heterocycles. The van der Waals surface area contributed by atoms with Crippen molar-refractivity contribution in [2.24, 2.45) is 0 Å². The molecule has 0 spiro atoms. The highest BCUT2D eigenvalue weighted by Gasteiger charge is 2.20. The Morgan fingerprint density at radius 2 is 1.81 bits per heavy atom. The number of nitrogens with one attached hydrogen (secondary N) is 1. The highest BCUT2D eigenvalue weighted by atomic mass is 35.5. The first kappa shape index (κ1) is 18.4. The van der Waals surface area contributed by atoms with Gasteiger partial charge in [0.1, 0.15) is 0 Å². The summed E-state index contributed by atoms with van der Waals surface area (Å²) in [5, 5.41) is 0. The van der Waals surface area contributed by atoms with E-state index in [-0.39, 0.29) is 11.8 Å². The maximum Gasteiger partial charge on any atom is 0.211 e. The zero-order valence-electron chi connectivity index (χ0n) is 12.8. The van der Waals surface area contributed by atoms with Gasteiger partial charge in [-0.1, -0.05) is 44.2 Å². The van der Waals surface area contributed by atoms with Crippen molar-refractivity contribution in [3.8, 4) is 0 Å². The fraction of sp³-hybridized carbons (Fsp3) is 0.600. The van der Waals surface area contributed by atoms with Crippen LogP contribution in [0.15, 0.2) is 30.3 Å². The third-order valence-corrected chi connectivity index (χ3v) is 5.18. The topological polar surface area (TPSA) is 49.4 Å². The van der Waals surface area contributed by atoms with Crippen LogP contribution in [0, 0.1) is 0 Å². The third kappa shape index (κ3) is 6.34. The maximum absolute atomic E-state index is 11.9. The predicted octanol–water partition coefficient (Wildman–Crippen LogP) is 2.62. The molecule has 1 unspecified atom stereocenters. The molecule has 0 aliphatic carbocycles. The summed E-state index contributed by atoms with van der Waals surface area (Å²) >= 11 is 5.56. The van der Waals surface area contributed by atoms with E-state index in [0.29, 0.717) is 18.8 Å². The molecule has 1 rings (SSSR count). The first-order valence-corrected chi connectivity index (χ1v) is 9.55. The largest absolute Gasteiger partial charge is 0.296 e. The fourth-order valence-corrected chi connectivity index (χ4v) is 3.69. The summed E-state index contributed by atoms with van der Waals surface area (Å²) in [6, 6.07) is 10.0. The van der Waals surface area contributed by atoms with Crippen LogP contribution in [-0.2, 0) is 10.0 Å². The van der Waals surface area contributed by atoms with Gasteiger partial charge >= 0.3 is 0 Å². The highest BCUT2D eigenvalue weighted by Crippen LogP contribution is 2.19. The van der Waals surface area contributed by atoms with Gasteiger partial charge in [0.15, 0.2) is 0 Å². The van der Waals surface area contributed by atoms with E-state index in [1.165, 1.54) is 0 Å². The number of hydrogen-bond acceptors (Lipinski definition) is 3. The van der Waals surface area contributed by atoms with Crippen LogP contribution >= 0.6 is 11.6 Å². The molecule has 4 nitrogen and oxygen atoms in total. The van der Waals surface area contributed by atoms with Gasteiger partial charge in [0.05, 0.1) is 5.75 Å². The molecule has 120 valence electrons. The second-order valence-corrected chi connectivity index (χ2v) is 7.16. The smallest absolute Gasteiger partial charge is 0.211 e. The van der Waals surface area contributed by atoms with Crippen molar-refractivity contribution in [2.45, 2.75) is 26.3 Å². The van der Waals surface area contributed by atoms with Crippen LogP contribution in [0.5, 0.6) is 0 Å². The van der Waals surface area contributed by atoms with Crippen molar-refractivity contribution in [1.29, 1.82) is 0 Å². The van der Waals surface area contributed by atoms with Crippen molar-refractivity contribution in [3.05, 3.63) is 35.9 Å². The normalized spacial score (nSPS) is 13.5. The summed E-state index contributed by atoms with van der Waals surface area (Å²) in [4.78, 5) is 2.25. The molecular weight excluding hydrogens is 308 g/mol. The van der Waals surface area contributed by atoms with Gasteiger partial charge in [0, 0.05) is 18.5 Å². The minimum atomic E-state index is -3.26. The van der Waals surface area contributed by atoms with E-state index >= 15 is 0 Å². The molecular formula is C15H25ClN2O2S. The SMILES string of the molecule is CCN(CC)C(CNS(=O)(=O)CCCCl)c1ccccc1. The molecule has 0 saturated carbocycles. The Morgan fingerprint density at radius 1 is 1.19 bits per heavy atom. The Morgan fingerprint density at radius 3 is 2.33 bits per heavy atom. The van der Waals surface area contributed by atoms with E-state index in [2.05, 4.69) is 23.5 Å². The lowest BCUT2D eigenvalue weighted by molar-refractivity contribution is 0.220. The van der Waals surface area contributed by atoms with Gasteiger partial charge in [0.2, 0.25) is 10.0 Å². The van der Waals surface area contributed by atoms with E-state index in [0.717, 1.165) is 18.7 Å². The van der Waals surface area contributed by atoms with E-state index in [1.807, 2.05) is 30.3 Å². The molecule has 0 aliphatic heterocycles. The fourth-order valence-electron chi connectivity index (χ4n) is 2.32. The molecule has 1 atom stereocenters. The summed E-state index contributed by atoms with van der Waals surface area (Å²) in [5.41, 5.74) is 1.13. The molecule has 0 aromatic heterocycles. The van der Waals surface area contributed by atoms with Crippen molar-refractivity contribution >= 4 is 21.6 Å². The lowest BCUT2D eigenvalue weighted by Crippen LogP contribution is -2.38. The van der Waals surface area contributed by atoms with Gasteiger partial charge in [-0.2, -0.15) is 0 Å². The van der Waals surface area contributed by atoms with Crippen molar-refractivity contribution in [3.63, 3.8) is 0 Å². The van der Waals surface area contributed by atoms with Crippen LogP contribution in [0.2, 0.25) is 0 Å². The van der Waals surface area contributed by atoms with Gasteiger partial charge < -0.3 is 0 Å². The summed E-state index contributed by atoms with van der Waals surface area (Å²) in [5.74, 6) is 0.440. The van der Waals surface area contributed by atoms with Crippen LogP contribution in [-0.4, -0.2) is 44.6 Å². The number of rotatable bonds is 10. The standard InChI is InChI=1S/C15H25ClN2O2S/c1-3-18(4-2)15(14-9-6-5-7-10-14)13-17-21(19,20)12-8-11-16/h5-7,9-10,15,17H,3-4,8,11-13H2,1-2H3. The molecule has 1 aromatic rings. The van der Waals surface area contributed by atoms with E-state index in [4.69, 9.17) is 11.6 Å². The molecule has 0 amide bonds. The van der Waals surface area contributed by atoms with Gasteiger partial charge in [-0.15, -0.1) is 11.6 Å². The molecule has 0 radical (unpaired) electrons. The molecule has 1 aromatic carbocycles. The van der Waals surface area contributed by atoms with E-state index in [9.17, 15) is 8.42 Å². The minimum absolute atomic E-state index is 0.0481. The van der Waals surface area contributed by atoms with Crippen LogP contribution in [0.3, 0.4) is 0 Å². The third-order valence-electron chi connectivity index (χ3n) is 3.48. The van der Waals surface area contributed by atoms with Gasteiger partial charge in [-0.25, -0.2) is 13.1 Å². The van der Waals surface area contributed by atoms with Gasteiger partial charge in [-0.3, -0.25) is 4.90 Å². The monoisotopic (exact) mass is 332 g/mol. The average molecular weight is 333 g/mol. The van der Waals surface area contributed by atoms with Gasteiger partial charge in [0.25, 0.3) is 0 Å². The van der Waals surface area contributed by atoms with Gasteiger partial charge in [-0.05, 0) is 25.1 Å². The number of hydrogen-bond donors (Lipinski definition) is 1. The lowest BCUT2D eigenvalue weighted by Gasteiger charge is -2.30. The Balaban J connectivity index is 2.79. The summed E-state index contributed by atoms with van der Waals surface area (Å²) in [7, 11) is -3.26. The number of benzene rings is 1. The number of sulfonamides is 1. The van der Waals surface area contributed by atoms with E-state index < -0.39 is 10.0 Å². The first-order valence-electron chi connectivity index (χ1n) is 7.36. The quantitative estimate of drug-likeness (QED) is 0.670. The van der Waals surface area contributed by atoms with Crippen LogP contribution in [0.25, 0.3) is 0 Å². The second kappa shape index (κ2) is 9.41. The number of alkyl halides is 1. The highest BCUT2D eigenvalue weighted by molar-refractivity contribution is 7.89. The number of halogens is 1. The molecule has 0 saturated heterocycles. The molecule has 0 fully saturated rings. The van der Waals surface area contributed by atoms with Crippen molar-refractivity contribution in [2.75, 3.05) is 31.3 Å². The summed E-state index contributed by atoms with van der Waals surface area (Å²) in [6.07, 6.45) is 0.470. The number of likely N-dealkylation sites (N-methyl/N-ethyl adjacent to an activating group) is 1. The average Bonchev–Trinajstić information content (AvgIpc) is 2.50. The van der Waals surface area contributed by atoms with Crippen LogP contribution in [0.4, 0.5) is 0 Å². The lowest BCUT2D eigenvalue weighted by atomic mass is 10.1. The number of nitrogens with zero attached hydrogens (tertiary/aromatic N) is 1. The Kier molecular flexibility index (Phi) is 8.26. The predicted molar refractivity (Wildman–Crippen MR) is 89.2 cm³/mol. The first-order chi connectivity index (χ1) is 10.0. The van der Waals surface area contributed by atoms with Crippen molar-refractivity contribution in [1.82, 2.24) is 9.62 Å². The molecule has 6 heteroatoms. The Labute approximate surface area is 133 Å². The molecule has 0 aliphatic rings. The zero-order valence-corrected chi connectivity index (χ0v) is 14.3. The molecule has 0 bridgehead atoms. The molecule has 21 heavy (non-hydrogen) atoms. The second-order valence-electron chi connectivity index (χ2n) is 4.86. The summed E-state index contributed by atoms with van der Waals surface area (Å²) in [6.45, 7) is 6.30. The van der Waals surface area contributed by atoms with E-state index in [1.54, 1.807) is 0 Å². The van der Waals surface area contributed by atoms with Crippen molar-refractivity contribution < 1.29 is 8.42 Å². The minimum Gasteiger partial charge on any atom is -0.296 e. The maximum atomic E-state index is 11.9. The Hall–Kier alpha value is -0.620. The van der Waals surface area contributed by atoms with Crippen LogP contribution in [0.1, 0.15) is 31.9 Å². The zero-order chi connectivity index (χ0) is 15.7.